The first-order valence-corrected chi connectivity index (χ1v) is 12.5. The predicted molar refractivity (Wildman–Crippen MR) is 136 cm³/mol. The molecule has 1 amide bonds. The molecule has 1 saturated heterocycles. The van der Waals surface area contributed by atoms with Crippen molar-refractivity contribution in [3.05, 3.63) is 70.3 Å². The van der Waals surface area contributed by atoms with E-state index >= 15 is 0 Å². The fourth-order valence-electron chi connectivity index (χ4n) is 5.03. The molecule has 0 spiro atoms. The van der Waals surface area contributed by atoms with Gasteiger partial charge in [-0.15, -0.1) is 0 Å². The summed E-state index contributed by atoms with van der Waals surface area (Å²) in [5, 5.41) is 3.63. The van der Waals surface area contributed by atoms with Gasteiger partial charge in [-0.2, -0.15) is 0 Å². The molecule has 1 aromatic heterocycles. The third-order valence-corrected chi connectivity index (χ3v) is 7.01. The van der Waals surface area contributed by atoms with E-state index in [0.29, 0.717) is 23.0 Å². The molecule has 0 aliphatic carbocycles. The van der Waals surface area contributed by atoms with E-state index in [1.165, 1.54) is 5.69 Å². The Balaban J connectivity index is 1.12. The van der Waals surface area contributed by atoms with E-state index in [9.17, 15) is 9.59 Å². The maximum Gasteiger partial charge on any atom is 0.261 e. The number of benzene rings is 2. The predicted octanol–water partition coefficient (Wildman–Crippen LogP) is 3.07. The average Bonchev–Trinajstić information content (AvgIpc) is 3.13. The van der Waals surface area contributed by atoms with Crippen LogP contribution in [0.5, 0.6) is 0 Å². The minimum atomic E-state index is -0.104. The first kappa shape index (κ1) is 22.6. The van der Waals surface area contributed by atoms with Crippen molar-refractivity contribution in [3.63, 3.8) is 0 Å². The van der Waals surface area contributed by atoms with Gasteiger partial charge < -0.3 is 10.2 Å². The van der Waals surface area contributed by atoms with Crippen molar-refractivity contribution in [2.75, 3.05) is 44.2 Å². The number of carbonyl (C=O) groups is 1. The maximum atomic E-state index is 12.9. The van der Waals surface area contributed by atoms with Gasteiger partial charge in [0.25, 0.3) is 11.5 Å². The summed E-state index contributed by atoms with van der Waals surface area (Å²) in [5.74, 6) is 0.743. The van der Waals surface area contributed by atoms with E-state index in [2.05, 4.69) is 45.4 Å². The largest absolute Gasteiger partial charge is 0.369 e. The van der Waals surface area contributed by atoms with Crippen molar-refractivity contribution in [2.24, 2.45) is 0 Å². The highest BCUT2D eigenvalue weighted by atomic mass is 16.1. The van der Waals surface area contributed by atoms with Crippen LogP contribution in [-0.2, 0) is 13.0 Å². The molecule has 178 valence electrons. The van der Waals surface area contributed by atoms with Gasteiger partial charge in [0.05, 0.1) is 10.9 Å². The van der Waals surface area contributed by atoms with E-state index in [4.69, 9.17) is 4.98 Å². The number of nitrogens with one attached hydrogen (secondary N) is 1. The van der Waals surface area contributed by atoms with Crippen LogP contribution < -0.4 is 15.8 Å². The molecule has 0 bridgehead atoms. The molecular formula is C27H33N5O2. The Labute approximate surface area is 200 Å². The highest BCUT2D eigenvalue weighted by molar-refractivity contribution is 5.97. The number of carbonyl (C=O) groups excluding carboxylic acids is 1. The fraction of sp³-hybridized carbons (Fsp3) is 0.444. The summed E-state index contributed by atoms with van der Waals surface area (Å²) in [6.45, 7) is 6.49. The SMILES string of the molecule is O=C(NCCCN1CCN(c2ccccc2)CC1)c1ccc2c(=O)n3c(nc2c1)CCCCC3. The van der Waals surface area contributed by atoms with E-state index in [0.717, 1.165) is 77.2 Å². The molecule has 1 fully saturated rings. The van der Waals surface area contributed by atoms with Crippen LogP contribution in [0.25, 0.3) is 10.9 Å². The molecular weight excluding hydrogens is 426 g/mol. The monoisotopic (exact) mass is 459 g/mol. The van der Waals surface area contributed by atoms with Crippen molar-refractivity contribution in [1.29, 1.82) is 0 Å². The minimum Gasteiger partial charge on any atom is -0.369 e. The third kappa shape index (κ3) is 4.99. The zero-order valence-corrected chi connectivity index (χ0v) is 19.7. The number of aromatic nitrogens is 2. The number of fused-ring (bicyclic) bond motifs is 2. The Morgan fingerprint density at radius 2 is 1.76 bits per heavy atom. The Hall–Kier alpha value is -3.19. The van der Waals surface area contributed by atoms with Gasteiger partial charge in [-0.3, -0.25) is 19.1 Å². The van der Waals surface area contributed by atoms with Gasteiger partial charge in [0.1, 0.15) is 5.82 Å². The summed E-state index contributed by atoms with van der Waals surface area (Å²) in [4.78, 5) is 35.2. The van der Waals surface area contributed by atoms with Crippen molar-refractivity contribution < 1.29 is 4.79 Å². The standard InChI is InChI=1S/C27H33N5O2/c33-26(28-13-7-14-30-16-18-31(19-17-30)22-8-3-1-4-9-22)21-11-12-23-24(20-21)29-25-10-5-2-6-15-32(25)27(23)34/h1,3-4,8-9,11-12,20H,2,5-7,10,13-19H2,(H,28,33). The van der Waals surface area contributed by atoms with Crippen molar-refractivity contribution in [2.45, 2.75) is 38.6 Å². The molecule has 2 aliphatic rings. The van der Waals surface area contributed by atoms with Crippen molar-refractivity contribution >= 4 is 22.5 Å². The van der Waals surface area contributed by atoms with Crippen LogP contribution >= 0.6 is 0 Å². The fourth-order valence-corrected chi connectivity index (χ4v) is 5.03. The van der Waals surface area contributed by atoms with E-state index < -0.39 is 0 Å². The van der Waals surface area contributed by atoms with E-state index in [-0.39, 0.29) is 11.5 Å². The van der Waals surface area contributed by atoms with Crippen LogP contribution in [0.2, 0.25) is 0 Å². The Kier molecular flexibility index (Phi) is 6.90. The highest BCUT2D eigenvalue weighted by Gasteiger charge is 2.17. The Morgan fingerprint density at radius 1 is 0.941 bits per heavy atom. The molecule has 7 heteroatoms. The summed E-state index contributed by atoms with van der Waals surface area (Å²) in [5.41, 5.74) is 2.50. The van der Waals surface area contributed by atoms with Gasteiger partial charge in [0.2, 0.25) is 0 Å². The molecule has 3 heterocycles. The number of hydrogen-bond donors (Lipinski definition) is 1. The van der Waals surface area contributed by atoms with Crippen molar-refractivity contribution in [3.8, 4) is 0 Å². The van der Waals surface area contributed by atoms with E-state index in [1.807, 2.05) is 4.57 Å². The van der Waals surface area contributed by atoms with Gasteiger partial charge >= 0.3 is 0 Å². The van der Waals surface area contributed by atoms with Crippen LogP contribution in [0, 0.1) is 0 Å². The summed E-state index contributed by atoms with van der Waals surface area (Å²) < 4.78 is 1.81. The van der Waals surface area contributed by atoms with Gasteiger partial charge in [0, 0.05) is 56.9 Å². The second-order valence-corrected chi connectivity index (χ2v) is 9.30. The lowest BCUT2D eigenvalue weighted by Gasteiger charge is -2.36. The third-order valence-electron chi connectivity index (χ3n) is 7.01. The molecule has 0 radical (unpaired) electrons. The molecule has 3 aromatic rings. The van der Waals surface area contributed by atoms with Gasteiger partial charge in [-0.1, -0.05) is 24.6 Å². The molecule has 0 unspecified atom stereocenters. The maximum absolute atomic E-state index is 12.9. The average molecular weight is 460 g/mol. The number of piperazine rings is 1. The number of para-hydroxylation sites is 1. The molecule has 5 rings (SSSR count). The summed E-state index contributed by atoms with van der Waals surface area (Å²) >= 11 is 0. The second kappa shape index (κ2) is 10.4. The first-order valence-electron chi connectivity index (χ1n) is 12.5. The zero-order chi connectivity index (χ0) is 23.3. The number of anilines is 1. The lowest BCUT2D eigenvalue weighted by Crippen LogP contribution is -2.47. The quantitative estimate of drug-likeness (QED) is 0.574. The highest BCUT2D eigenvalue weighted by Crippen LogP contribution is 2.17. The van der Waals surface area contributed by atoms with Crippen LogP contribution in [0.15, 0.2) is 53.3 Å². The molecule has 0 saturated carbocycles. The molecule has 2 aliphatic heterocycles. The first-order chi connectivity index (χ1) is 16.7. The smallest absolute Gasteiger partial charge is 0.261 e. The number of rotatable bonds is 6. The normalized spacial score (nSPS) is 16.8. The summed E-state index contributed by atoms with van der Waals surface area (Å²) in [7, 11) is 0. The molecule has 34 heavy (non-hydrogen) atoms. The van der Waals surface area contributed by atoms with Crippen LogP contribution in [0.3, 0.4) is 0 Å². The van der Waals surface area contributed by atoms with E-state index in [1.54, 1.807) is 18.2 Å². The lowest BCUT2D eigenvalue weighted by atomic mass is 10.1. The van der Waals surface area contributed by atoms with Crippen LogP contribution in [-0.4, -0.2) is 59.6 Å². The minimum absolute atomic E-state index is 0.0150. The summed E-state index contributed by atoms with van der Waals surface area (Å²) in [6, 6.07) is 15.8. The number of aryl methyl sites for hydroxylation is 1. The second-order valence-electron chi connectivity index (χ2n) is 9.30. The van der Waals surface area contributed by atoms with Gasteiger partial charge in [0.15, 0.2) is 0 Å². The summed E-state index contributed by atoms with van der Waals surface area (Å²) in [6.07, 6.45) is 4.93. The van der Waals surface area contributed by atoms with Gasteiger partial charge in [-0.25, -0.2) is 4.98 Å². The number of amides is 1. The molecule has 1 N–H and O–H groups in total. The molecule has 2 aromatic carbocycles. The van der Waals surface area contributed by atoms with Crippen LogP contribution in [0.1, 0.15) is 41.9 Å². The zero-order valence-electron chi connectivity index (χ0n) is 19.7. The molecule has 0 atom stereocenters. The van der Waals surface area contributed by atoms with Gasteiger partial charge in [-0.05, 0) is 56.1 Å². The topological polar surface area (TPSA) is 70.5 Å². The Morgan fingerprint density at radius 3 is 2.59 bits per heavy atom. The number of nitrogens with zero attached hydrogens (tertiary/aromatic N) is 4. The molecule has 7 nitrogen and oxygen atoms in total. The number of hydrogen-bond acceptors (Lipinski definition) is 5. The lowest BCUT2D eigenvalue weighted by molar-refractivity contribution is 0.0951. The Bertz CT molecular complexity index is 1200. The van der Waals surface area contributed by atoms with Crippen molar-refractivity contribution in [1.82, 2.24) is 19.8 Å². The van der Waals surface area contributed by atoms with Crippen LogP contribution in [0.4, 0.5) is 5.69 Å².